The van der Waals surface area contributed by atoms with E-state index in [0.717, 1.165) is 11.3 Å². The molecule has 0 fully saturated rings. The SMILES string of the molecule is CCNc1nc(Cl)nc(Oc2ccccc2C(C)C)n1. The third-order valence-corrected chi connectivity index (χ3v) is 2.83. The van der Waals surface area contributed by atoms with Crippen molar-refractivity contribution < 1.29 is 4.74 Å². The van der Waals surface area contributed by atoms with E-state index in [1.54, 1.807) is 0 Å². The predicted molar refractivity (Wildman–Crippen MR) is 79.6 cm³/mol. The Labute approximate surface area is 123 Å². The average Bonchev–Trinajstić information content (AvgIpc) is 2.38. The Morgan fingerprint density at radius 1 is 1.20 bits per heavy atom. The zero-order valence-electron chi connectivity index (χ0n) is 11.7. The average molecular weight is 293 g/mol. The maximum absolute atomic E-state index is 5.87. The summed E-state index contributed by atoms with van der Waals surface area (Å²) < 4.78 is 5.75. The molecule has 0 amide bonds. The van der Waals surface area contributed by atoms with Gasteiger partial charge in [0.15, 0.2) is 0 Å². The van der Waals surface area contributed by atoms with Crippen molar-refractivity contribution in [3.63, 3.8) is 0 Å². The maximum Gasteiger partial charge on any atom is 0.328 e. The van der Waals surface area contributed by atoms with Crippen LogP contribution >= 0.6 is 11.6 Å². The molecule has 6 heteroatoms. The molecule has 0 saturated carbocycles. The van der Waals surface area contributed by atoms with Crippen molar-refractivity contribution >= 4 is 17.5 Å². The van der Waals surface area contributed by atoms with Crippen molar-refractivity contribution in [2.75, 3.05) is 11.9 Å². The van der Waals surface area contributed by atoms with Crippen molar-refractivity contribution in [1.29, 1.82) is 0 Å². The summed E-state index contributed by atoms with van der Waals surface area (Å²) in [6.07, 6.45) is 0. The van der Waals surface area contributed by atoms with Crippen LogP contribution in [-0.4, -0.2) is 21.5 Å². The lowest BCUT2D eigenvalue weighted by atomic mass is 10.0. The van der Waals surface area contributed by atoms with Crippen LogP contribution in [-0.2, 0) is 0 Å². The number of benzene rings is 1. The van der Waals surface area contributed by atoms with Gasteiger partial charge in [-0.2, -0.15) is 15.0 Å². The van der Waals surface area contributed by atoms with Crippen molar-refractivity contribution in [1.82, 2.24) is 15.0 Å². The third-order valence-electron chi connectivity index (χ3n) is 2.66. The maximum atomic E-state index is 5.87. The Kier molecular flexibility index (Phi) is 4.74. The second-order valence-corrected chi connectivity index (χ2v) is 4.87. The first-order valence-corrected chi connectivity index (χ1v) is 6.90. The summed E-state index contributed by atoms with van der Waals surface area (Å²) in [5.74, 6) is 1.48. The van der Waals surface area contributed by atoms with Gasteiger partial charge < -0.3 is 10.1 Å². The van der Waals surface area contributed by atoms with Crippen LogP contribution in [0.25, 0.3) is 0 Å². The fourth-order valence-electron chi connectivity index (χ4n) is 1.76. The topological polar surface area (TPSA) is 59.9 Å². The van der Waals surface area contributed by atoms with Crippen LogP contribution in [0.5, 0.6) is 11.8 Å². The minimum absolute atomic E-state index is 0.105. The van der Waals surface area contributed by atoms with Crippen LogP contribution in [0.3, 0.4) is 0 Å². The Bertz CT molecular complexity index is 589. The van der Waals surface area contributed by atoms with E-state index in [-0.39, 0.29) is 11.3 Å². The van der Waals surface area contributed by atoms with Crippen LogP contribution in [0, 0.1) is 0 Å². The first-order chi connectivity index (χ1) is 9.60. The Balaban J connectivity index is 2.30. The molecule has 0 bridgehead atoms. The quantitative estimate of drug-likeness (QED) is 0.906. The molecule has 1 heterocycles. The number of ether oxygens (including phenoxy) is 1. The number of rotatable bonds is 5. The van der Waals surface area contributed by atoms with Gasteiger partial charge >= 0.3 is 6.01 Å². The smallest absolute Gasteiger partial charge is 0.328 e. The van der Waals surface area contributed by atoms with Crippen molar-refractivity contribution in [2.24, 2.45) is 0 Å². The number of nitrogens with one attached hydrogen (secondary N) is 1. The molecule has 0 aliphatic heterocycles. The number of aromatic nitrogens is 3. The van der Waals surface area contributed by atoms with E-state index in [1.807, 2.05) is 31.2 Å². The highest BCUT2D eigenvalue weighted by Crippen LogP contribution is 2.29. The largest absolute Gasteiger partial charge is 0.424 e. The summed E-state index contributed by atoms with van der Waals surface area (Å²) in [5, 5.41) is 3.09. The van der Waals surface area contributed by atoms with Crippen LogP contribution in [0.2, 0.25) is 5.28 Å². The van der Waals surface area contributed by atoms with Crippen LogP contribution in [0.4, 0.5) is 5.95 Å². The van der Waals surface area contributed by atoms with Crippen LogP contribution in [0.1, 0.15) is 32.3 Å². The van der Waals surface area contributed by atoms with Crippen molar-refractivity contribution in [2.45, 2.75) is 26.7 Å². The molecule has 0 atom stereocenters. The highest BCUT2D eigenvalue weighted by atomic mass is 35.5. The number of hydrogen-bond donors (Lipinski definition) is 1. The highest BCUT2D eigenvalue weighted by Gasteiger charge is 2.11. The van der Waals surface area contributed by atoms with Gasteiger partial charge in [0.1, 0.15) is 5.75 Å². The van der Waals surface area contributed by atoms with Gasteiger partial charge in [-0.05, 0) is 36.1 Å². The van der Waals surface area contributed by atoms with Gasteiger partial charge in [-0.15, -0.1) is 0 Å². The molecule has 1 N–H and O–H groups in total. The fourth-order valence-corrected chi connectivity index (χ4v) is 1.92. The molecule has 0 saturated heterocycles. The normalized spacial score (nSPS) is 10.7. The summed E-state index contributed by atoms with van der Waals surface area (Å²) in [6, 6.07) is 7.99. The van der Waals surface area contributed by atoms with Crippen LogP contribution in [0.15, 0.2) is 24.3 Å². The molecule has 0 aliphatic carbocycles. The first kappa shape index (κ1) is 14.5. The summed E-state index contributed by atoms with van der Waals surface area (Å²) in [4.78, 5) is 12.1. The molecule has 0 aliphatic rings. The van der Waals surface area contributed by atoms with E-state index in [9.17, 15) is 0 Å². The van der Waals surface area contributed by atoms with Gasteiger partial charge in [0.2, 0.25) is 11.2 Å². The van der Waals surface area contributed by atoms with E-state index in [1.165, 1.54) is 0 Å². The number of para-hydroxylation sites is 1. The monoisotopic (exact) mass is 292 g/mol. The van der Waals surface area contributed by atoms with Crippen molar-refractivity contribution in [3.8, 4) is 11.8 Å². The lowest BCUT2D eigenvalue weighted by molar-refractivity contribution is 0.433. The van der Waals surface area contributed by atoms with Gasteiger partial charge in [0.25, 0.3) is 0 Å². The second kappa shape index (κ2) is 6.52. The summed E-state index contributed by atoms with van der Waals surface area (Å²) >= 11 is 5.87. The molecule has 1 aromatic carbocycles. The fraction of sp³-hybridized carbons (Fsp3) is 0.357. The summed E-state index contributed by atoms with van der Waals surface area (Å²) in [6.45, 7) is 6.86. The number of anilines is 1. The molecule has 2 aromatic rings. The van der Waals surface area contributed by atoms with E-state index in [2.05, 4.69) is 34.1 Å². The van der Waals surface area contributed by atoms with Gasteiger partial charge in [0, 0.05) is 6.54 Å². The van der Waals surface area contributed by atoms with E-state index in [4.69, 9.17) is 16.3 Å². The molecule has 0 spiro atoms. The zero-order chi connectivity index (χ0) is 14.5. The van der Waals surface area contributed by atoms with Gasteiger partial charge in [-0.3, -0.25) is 0 Å². The van der Waals surface area contributed by atoms with Crippen molar-refractivity contribution in [3.05, 3.63) is 35.1 Å². The number of halogens is 1. The standard InChI is InChI=1S/C14H17ClN4O/c1-4-16-13-17-12(15)18-14(19-13)20-11-8-6-5-7-10(11)9(2)3/h5-9H,4H2,1-3H3,(H,16,17,18,19). The molecular weight excluding hydrogens is 276 g/mol. The Hall–Kier alpha value is -1.88. The molecule has 0 radical (unpaired) electrons. The van der Waals surface area contributed by atoms with E-state index < -0.39 is 0 Å². The minimum Gasteiger partial charge on any atom is -0.424 e. The molecule has 5 nitrogen and oxygen atoms in total. The lowest BCUT2D eigenvalue weighted by Crippen LogP contribution is -2.05. The Morgan fingerprint density at radius 2 is 1.95 bits per heavy atom. The lowest BCUT2D eigenvalue weighted by Gasteiger charge is -2.12. The minimum atomic E-state index is 0.105. The number of hydrogen-bond acceptors (Lipinski definition) is 5. The van der Waals surface area contributed by atoms with Gasteiger partial charge in [0.05, 0.1) is 0 Å². The molecule has 106 valence electrons. The molecule has 2 rings (SSSR count). The second-order valence-electron chi connectivity index (χ2n) is 4.54. The third kappa shape index (κ3) is 3.57. The molecule has 1 aromatic heterocycles. The van der Waals surface area contributed by atoms with E-state index in [0.29, 0.717) is 18.4 Å². The molecular formula is C14H17ClN4O. The summed E-state index contributed by atoms with van der Waals surface area (Å²) in [7, 11) is 0. The Morgan fingerprint density at radius 3 is 2.65 bits per heavy atom. The predicted octanol–water partition coefficient (Wildman–Crippen LogP) is 3.87. The molecule has 0 unspecified atom stereocenters. The van der Waals surface area contributed by atoms with Gasteiger partial charge in [-0.25, -0.2) is 0 Å². The van der Waals surface area contributed by atoms with Crippen LogP contribution < -0.4 is 10.1 Å². The molecule has 20 heavy (non-hydrogen) atoms. The van der Waals surface area contributed by atoms with Gasteiger partial charge in [-0.1, -0.05) is 32.0 Å². The highest BCUT2D eigenvalue weighted by molar-refractivity contribution is 6.28. The number of nitrogens with zero attached hydrogens (tertiary/aromatic N) is 3. The zero-order valence-corrected chi connectivity index (χ0v) is 12.5. The van der Waals surface area contributed by atoms with E-state index >= 15 is 0 Å². The first-order valence-electron chi connectivity index (χ1n) is 6.52. The summed E-state index contributed by atoms with van der Waals surface area (Å²) in [5.41, 5.74) is 1.09.